The summed E-state index contributed by atoms with van der Waals surface area (Å²) in [6, 6.07) is 8.09. The first kappa shape index (κ1) is 17.7. The molecule has 2 N–H and O–H groups in total. The maximum Gasteiger partial charge on any atom is 0.238 e. The Morgan fingerprint density at radius 1 is 1.24 bits per heavy atom. The molecule has 1 fully saturated rings. The van der Waals surface area contributed by atoms with Gasteiger partial charge in [-0.3, -0.25) is 9.48 Å². The Morgan fingerprint density at radius 3 is 2.64 bits per heavy atom. The van der Waals surface area contributed by atoms with Crippen LogP contribution in [0.2, 0.25) is 0 Å². The summed E-state index contributed by atoms with van der Waals surface area (Å²) in [6.45, 7) is 10.3. The number of amides is 1. The number of nitrogens with zero attached hydrogens (tertiary/aromatic N) is 2. The van der Waals surface area contributed by atoms with Crippen LogP contribution in [-0.2, 0) is 11.3 Å². The molecule has 1 aromatic heterocycles. The Morgan fingerprint density at radius 2 is 2.00 bits per heavy atom. The molecular formula is C20H28N4O. The third-order valence-electron chi connectivity index (χ3n) is 5.21. The number of hydrogen-bond donors (Lipinski definition) is 2. The molecule has 1 aliphatic carbocycles. The number of carbonyl (C=O) groups is 1. The number of aryl methyl sites for hydroxylation is 3. The SMILES string of the molecule is Cc1cc(C)n(CC2(CNCC(=O)Nc3cccc(C)c3C)CC2)n1. The van der Waals surface area contributed by atoms with Gasteiger partial charge in [0.2, 0.25) is 5.91 Å². The number of rotatable bonds is 7. The molecule has 1 aliphatic rings. The van der Waals surface area contributed by atoms with Crippen molar-refractivity contribution in [2.24, 2.45) is 5.41 Å². The second-order valence-electron chi connectivity index (χ2n) is 7.48. The number of aromatic nitrogens is 2. The van der Waals surface area contributed by atoms with Gasteiger partial charge < -0.3 is 10.6 Å². The van der Waals surface area contributed by atoms with E-state index in [0.29, 0.717) is 6.54 Å². The van der Waals surface area contributed by atoms with Crippen molar-refractivity contribution in [3.8, 4) is 0 Å². The van der Waals surface area contributed by atoms with Crippen molar-refractivity contribution in [1.29, 1.82) is 0 Å². The lowest BCUT2D eigenvalue weighted by Crippen LogP contribution is -2.34. The van der Waals surface area contributed by atoms with Crippen LogP contribution in [0, 0.1) is 33.1 Å². The third-order valence-corrected chi connectivity index (χ3v) is 5.21. The zero-order valence-corrected chi connectivity index (χ0v) is 15.6. The number of hydrogen-bond acceptors (Lipinski definition) is 3. The fourth-order valence-electron chi connectivity index (χ4n) is 3.24. The van der Waals surface area contributed by atoms with Crippen molar-refractivity contribution in [2.45, 2.75) is 47.1 Å². The molecule has 3 rings (SSSR count). The van der Waals surface area contributed by atoms with E-state index >= 15 is 0 Å². The summed E-state index contributed by atoms with van der Waals surface area (Å²) < 4.78 is 2.10. The second kappa shape index (κ2) is 7.00. The molecule has 1 aromatic carbocycles. The van der Waals surface area contributed by atoms with Crippen LogP contribution in [0.1, 0.15) is 35.4 Å². The van der Waals surface area contributed by atoms with E-state index in [1.165, 1.54) is 24.1 Å². The Bertz CT molecular complexity index is 774. The highest BCUT2D eigenvalue weighted by Gasteiger charge is 2.43. The molecule has 1 saturated carbocycles. The predicted molar refractivity (Wildman–Crippen MR) is 101 cm³/mol. The molecule has 1 heterocycles. The first-order chi connectivity index (χ1) is 11.9. The van der Waals surface area contributed by atoms with Crippen LogP contribution in [0.25, 0.3) is 0 Å². The molecule has 25 heavy (non-hydrogen) atoms. The van der Waals surface area contributed by atoms with E-state index in [0.717, 1.165) is 30.0 Å². The van der Waals surface area contributed by atoms with Crippen LogP contribution in [0.15, 0.2) is 24.3 Å². The summed E-state index contributed by atoms with van der Waals surface area (Å²) in [7, 11) is 0. The number of anilines is 1. The maximum atomic E-state index is 12.2. The number of benzene rings is 1. The molecule has 0 aliphatic heterocycles. The molecule has 0 unspecified atom stereocenters. The van der Waals surface area contributed by atoms with Gasteiger partial charge in [-0.15, -0.1) is 0 Å². The summed E-state index contributed by atoms with van der Waals surface area (Å²) in [5.41, 5.74) is 5.73. The lowest BCUT2D eigenvalue weighted by atomic mass is 10.1. The average molecular weight is 340 g/mol. The second-order valence-corrected chi connectivity index (χ2v) is 7.48. The van der Waals surface area contributed by atoms with Crippen molar-refractivity contribution >= 4 is 11.6 Å². The van der Waals surface area contributed by atoms with Crippen molar-refractivity contribution in [1.82, 2.24) is 15.1 Å². The van der Waals surface area contributed by atoms with E-state index in [2.05, 4.69) is 46.4 Å². The van der Waals surface area contributed by atoms with Crippen molar-refractivity contribution in [3.63, 3.8) is 0 Å². The molecular weight excluding hydrogens is 312 g/mol. The molecule has 134 valence electrons. The monoisotopic (exact) mass is 340 g/mol. The topological polar surface area (TPSA) is 59.0 Å². The zero-order chi connectivity index (χ0) is 18.0. The van der Waals surface area contributed by atoms with Gasteiger partial charge in [0.25, 0.3) is 0 Å². The summed E-state index contributed by atoms with van der Waals surface area (Å²) in [6.07, 6.45) is 2.38. The largest absolute Gasteiger partial charge is 0.325 e. The third kappa shape index (κ3) is 4.28. The Labute approximate surface area is 149 Å². The van der Waals surface area contributed by atoms with E-state index in [4.69, 9.17) is 0 Å². The molecule has 1 amide bonds. The average Bonchev–Trinajstić information content (AvgIpc) is 3.23. The number of nitrogens with one attached hydrogen (secondary N) is 2. The Hall–Kier alpha value is -2.14. The molecule has 5 heteroatoms. The zero-order valence-electron chi connectivity index (χ0n) is 15.6. The molecule has 2 aromatic rings. The summed E-state index contributed by atoms with van der Waals surface area (Å²) in [4.78, 5) is 12.2. The fraction of sp³-hybridized carbons (Fsp3) is 0.500. The van der Waals surface area contributed by atoms with Crippen molar-refractivity contribution in [3.05, 3.63) is 46.8 Å². The minimum absolute atomic E-state index is 0.00983. The van der Waals surface area contributed by atoms with Gasteiger partial charge in [-0.05, 0) is 63.8 Å². The van der Waals surface area contributed by atoms with E-state index in [9.17, 15) is 4.79 Å². The molecule has 5 nitrogen and oxygen atoms in total. The van der Waals surface area contributed by atoms with Crippen molar-refractivity contribution in [2.75, 3.05) is 18.4 Å². The lowest BCUT2D eigenvalue weighted by Gasteiger charge is -2.17. The van der Waals surface area contributed by atoms with Gasteiger partial charge in [0.15, 0.2) is 0 Å². The van der Waals surface area contributed by atoms with E-state index in [1.807, 2.05) is 26.0 Å². The van der Waals surface area contributed by atoms with Crippen LogP contribution in [0.4, 0.5) is 5.69 Å². The van der Waals surface area contributed by atoms with Crippen LogP contribution < -0.4 is 10.6 Å². The normalized spacial score (nSPS) is 15.2. The van der Waals surface area contributed by atoms with Gasteiger partial charge in [-0.25, -0.2) is 0 Å². The van der Waals surface area contributed by atoms with Crippen LogP contribution in [0.3, 0.4) is 0 Å². The molecule has 0 saturated heterocycles. The fourth-order valence-corrected chi connectivity index (χ4v) is 3.24. The highest BCUT2D eigenvalue weighted by atomic mass is 16.1. The highest BCUT2D eigenvalue weighted by molar-refractivity contribution is 5.93. The first-order valence-electron chi connectivity index (χ1n) is 8.96. The van der Waals surface area contributed by atoms with E-state index < -0.39 is 0 Å². The molecule has 0 atom stereocenters. The van der Waals surface area contributed by atoms with Gasteiger partial charge in [-0.2, -0.15) is 5.10 Å². The van der Waals surface area contributed by atoms with Gasteiger partial charge in [0.1, 0.15) is 0 Å². The maximum absolute atomic E-state index is 12.2. The van der Waals surface area contributed by atoms with Crippen LogP contribution in [-0.4, -0.2) is 28.8 Å². The summed E-state index contributed by atoms with van der Waals surface area (Å²) >= 11 is 0. The molecule has 0 radical (unpaired) electrons. The summed E-state index contributed by atoms with van der Waals surface area (Å²) in [5, 5.41) is 10.9. The van der Waals surface area contributed by atoms with Crippen molar-refractivity contribution < 1.29 is 4.79 Å². The molecule has 0 bridgehead atoms. The van der Waals surface area contributed by atoms with Gasteiger partial charge in [-0.1, -0.05) is 12.1 Å². The van der Waals surface area contributed by atoms with Crippen LogP contribution in [0.5, 0.6) is 0 Å². The smallest absolute Gasteiger partial charge is 0.238 e. The minimum atomic E-state index is 0.00983. The minimum Gasteiger partial charge on any atom is -0.325 e. The van der Waals surface area contributed by atoms with Crippen LogP contribution >= 0.6 is 0 Å². The Kier molecular flexibility index (Phi) is 4.95. The van der Waals surface area contributed by atoms with Gasteiger partial charge in [0, 0.05) is 29.9 Å². The standard InChI is InChI=1S/C20H28N4O/c1-14-6-5-7-18(17(14)4)22-19(25)11-21-12-20(8-9-20)13-24-16(3)10-15(2)23-24/h5-7,10,21H,8-9,11-13H2,1-4H3,(H,22,25). The van der Waals surface area contributed by atoms with E-state index in [-0.39, 0.29) is 11.3 Å². The number of carbonyl (C=O) groups excluding carboxylic acids is 1. The molecule has 0 spiro atoms. The van der Waals surface area contributed by atoms with E-state index in [1.54, 1.807) is 0 Å². The lowest BCUT2D eigenvalue weighted by molar-refractivity contribution is -0.115. The van der Waals surface area contributed by atoms with Gasteiger partial charge in [0.05, 0.1) is 12.2 Å². The quantitative estimate of drug-likeness (QED) is 0.814. The highest BCUT2D eigenvalue weighted by Crippen LogP contribution is 2.46. The van der Waals surface area contributed by atoms with Gasteiger partial charge >= 0.3 is 0 Å². The first-order valence-corrected chi connectivity index (χ1v) is 8.96. The summed E-state index contributed by atoms with van der Waals surface area (Å²) in [5.74, 6) is 0.00983. The Balaban J connectivity index is 1.48. The predicted octanol–water partition coefficient (Wildman–Crippen LogP) is 3.13.